The molecule has 0 aliphatic carbocycles. The first kappa shape index (κ1) is 13.3. The number of hydrogen-bond acceptors (Lipinski definition) is 3. The van der Waals surface area contributed by atoms with Gasteiger partial charge < -0.3 is 10.5 Å². The minimum Gasteiger partial charge on any atom is -0.492 e. The van der Waals surface area contributed by atoms with E-state index in [1.807, 2.05) is 36.4 Å². The van der Waals surface area contributed by atoms with E-state index in [0.29, 0.717) is 17.3 Å². The van der Waals surface area contributed by atoms with Crippen LogP contribution in [0.2, 0.25) is 5.02 Å². The Kier molecular flexibility index (Phi) is 3.81. The monoisotopic (exact) mass is 288 g/mol. The third-order valence-electron chi connectivity index (χ3n) is 3.50. The first-order chi connectivity index (χ1) is 9.72. The van der Waals surface area contributed by atoms with Crippen LogP contribution in [0, 0.1) is 0 Å². The molecule has 0 amide bonds. The summed E-state index contributed by atoms with van der Waals surface area (Å²) in [5, 5.41) is 0.610. The minimum atomic E-state index is 0.610. The molecule has 3 nitrogen and oxygen atoms in total. The zero-order chi connectivity index (χ0) is 13.9. The van der Waals surface area contributed by atoms with Gasteiger partial charge in [-0.25, -0.2) is 0 Å². The summed E-state index contributed by atoms with van der Waals surface area (Å²) in [5.74, 6) is 0.991. The van der Waals surface area contributed by atoms with Crippen LogP contribution in [0.4, 0.5) is 5.69 Å². The molecule has 1 heterocycles. The maximum atomic E-state index is 5.96. The summed E-state index contributed by atoms with van der Waals surface area (Å²) in [5.41, 5.74) is 8.89. The summed E-state index contributed by atoms with van der Waals surface area (Å²) >= 11 is 5.96. The van der Waals surface area contributed by atoms with E-state index in [1.54, 1.807) is 0 Å². The van der Waals surface area contributed by atoms with Crippen molar-refractivity contribution >= 4 is 17.3 Å². The molecule has 4 heteroatoms. The zero-order valence-electron chi connectivity index (χ0n) is 11.2. The molecule has 0 spiro atoms. The normalized spacial score (nSPS) is 15.2. The Morgan fingerprint density at radius 2 is 2.05 bits per heavy atom. The van der Waals surface area contributed by atoms with Crippen molar-refractivity contribution in [1.29, 1.82) is 0 Å². The van der Waals surface area contributed by atoms with Crippen molar-refractivity contribution in [2.75, 3.05) is 18.9 Å². The molecule has 0 aromatic heterocycles. The number of halogens is 1. The highest BCUT2D eigenvalue weighted by molar-refractivity contribution is 6.33. The highest BCUT2D eigenvalue weighted by Crippen LogP contribution is 2.25. The predicted molar refractivity (Wildman–Crippen MR) is 81.9 cm³/mol. The smallest absolute Gasteiger partial charge is 0.123 e. The molecule has 0 saturated heterocycles. The molecule has 0 saturated carbocycles. The largest absolute Gasteiger partial charge is 0.492 e. The van der Waals surface area contributed by atoms with Gasteiger partial charge in [-0.2, -0.15) is 0 Å². The average molecular weight is 289 g/mol. The molecule has 2 aromatic carbocycles. The highest BCUT2D eigenvalue weighted by Gasteiger charge is 2.15. The van der Waals surface area contributed by atoms with E-state index >= 15 is 0 Å². The fraction of sp³-hybridized carbons (Fsp3) is 0.250. The van der Waals surface area contributed by atoms with Crippen LogP contribution in [0.25, 0.3) is 0 Å². The Labute approximate surface area is 123 Å². The van der Waals surface area contributed by atoms with Crippen LogP contribution in [0.5, 0.6) is 5.75 Å². The fourth-order valence-electron chi connectivity index (χ4n) is 2.46. The fourth-order valence-corrected chi connectivity index (χ4v) is 2.58. The summed E-state index contributed by atoms with van der Waals surface area (Å²) in [6, 6.07) is 14.0. The molecule has 0 unspecified atom stereocenters. The molecule has 0 bridgehead atoms. The number of nitrogen functional groups attached to an aromatic ring is 1. The first-order valence-corrected chi connectivity index (χ1v) is 7.07. The number of ether oxygens (including phenoxy) is 1. The number of anilines is 1. The Bertz CT molecular complexity index is 615. The zero-order valence-corrected chi connectivity index (χ0v) is 11.9. The van der Waals surface area contributed by atoms with E-state index in [-0.39, 0.29) is 0 Å². The Hall–Kier alpha value is -1.71. The molecular formula is C16H17ClN2O. The number of rotatable bonds is 2. The second-order valence-corrected chi connectivity index (χ2v) is 5.43. The van der Waals surface area contributed by atoms with Gasteiger partial charge in [0.2, 0.25) is 0 Å². The Balaban J connectivity index is 1.76. The van der Waals surface area contributed by atoms with Gasteiger partial charge in [0, 0.05) is 25.2 Å². The van der Waals surface area contributed by atoms with Crippen LogP contribution in [-0.2, 0) is 13.1 Å². The summed E-state index contributed by atoms with van der Waals surface area (Å²) in [6.07, 6.45) is 0. The van der Waals surface area contributed by atoms with E-state index in [1.165, 1.54) is 11.1 Å². The molecule has 1 aliphatic rings. The van der Waals surface area contributed by atoms with Crippen molar-refractivity contribution in [3.63, 3.8) is 0 Å². The molecule has 0 atom stereocenters. The molecule has 2 aromatic rings. The quantitative estimate of drug-likeness (QED) is 0.862. The van der Waals surface area contributed by atoms with Gasteiger partial charge in [-0.15, -0.1) is 0 Å². The number of hydrogen-bond donors (Lipinski definition) is 1. The second-order valence-electron chi connectivity index (χ2n) is 5.02. The molecule has 20 heavy (non-hydrogen) atoms. The van der Waals surface area contributed by atoms with Crippen molar-refractivity contribution in [1.82, 2.24) is 4.90 Å². The van der Waals surface area contributed by atoms with Gasteiger partial charge in [-0.05, 0) is 23.8 Å². The van der Waals surface area contributed by atoms with Crippen molar-refractivity contribution < 1.29 is 4.74 Å². The van der Waals surface area contributed by atoms with Crippen LogP contribution in [0.3, 0.4) is 0 Å². The molecule has 3 rings (SSSR count). The van der Waals surface area contributed by atoms with Gasteiger partial charge in [0.25, 0.3) is 0 Å². The third kappa shape index (κ3) is 2.89. The lowest BCUT2D eigenvalue weighted by Gasteiger charge is -2.19. The topological polar surface area (TPSA) is 38.5 Å². The Morgan fingerprint density at radius 1 is 1.20 bits per heavy atom. The third-order valence-corrected chi connectivity index (χ3v) is 3.84. The lowest BCUT2D eigenvalue weighted by molar-refractivity contribution is 0.219. The van der Waals surface area contributed by atoms with Crippen molar-refractivity contribution in [2.45, 2.75) is 13.1 Å². The van der Waals surface area contributed by atoms with E-state index in [2.05, 4.69) is 11.0 Å². The summed E-state index contributed by atoms with van der Waals surface area (Å²) < 4.78 is 5.77. The molecule has 0 fully saturated rings. The summed E-state index contributed by atoms with van der Waals surface area (Å²) in [4.78, 5) is 2.36. The van der Waals surface area contributed by atoms with Crippen molar-refractivity contribution in [3.05, 3.63) is 58.6 Å². The van der Waals surface area contributed by atoms with E-state index < -0.39 is 0 Å². The van der Waals surface area contributed by atoms with E-state index in [4.69, 9.17) is 22.1 Å². The molecule has 1 aliphatic heterocycles. The SMILES string of the molecule is Nc1cc(CN2CCOc3ccccc3C2)ccc1Cl. The predicted octanol–water partition coefficient (Wildman–Crippen LogP) is 3.32. The van der Waals surface area contributed by atoms with Gasteiger partial charge in [-0.3, -0.25) is 4.90 Å². The van der Waals surface area contributed by atoms with Crippen molar-refractivity contribution in [2.24, 2.45) is 0 Å². The van der Waals surface area contributed by atoms with Gasteiger partial charge in [0.05, 0.1) is 10.7 Å². The van der Waals surface area contributed by atoms with Gasteiger partial charge in [0.1, 0.15) is 12.4 Å². The molecular weight excluding hydrogens is 272 g/mol. The number of benzene rings is 2. The lowest BCUT2D eigenvalue weighted by Crippen LogP contribution is -2.25. The van der Waals surface area contributed by atoms with Crippen LogP contribution in [-0.4, -0.2) is 18.1 Å². The van der Waals surface area contributed by atoms with E-state index in [9.17, 15) is 0 Å². The number of fused-ring (bicyclic) bond motifs is 1. The second kappa shape index (κ2) is 5.73. The van der Waals surface area contributed by atoms with Crippen LogP contribution < -0.4 is 10.5 Å². The number of para-hydroxylation sites is 1. The molecule has 104 valence electrons. The van der Waals surface area contributed by atoms with Gasteiger partial charge in [-0.1, -0.05) is 35.9 Å². The Morgan fingerprint density at radius 3 is 2.90 bits per heavy atom. The van der Waals surface area contributed by atoms with Gasteiger partial charge >= 0.3 is 0 Å². The van der Waals surface area contributed by atoms with E-state index in [0.717, 1.165) is 25.4 Å². The maximum absolute atomic E-state index is 5.96. The summed E-state index contributed by atoms with van der Waals surface area (Å²) in [7, 11) is 0. The maximum Gasteiger partial charge on any atom is 0.123 e. The minimum absolute atomic E-state index is 0.610. The summed E-state index contributed by atoms with van der Waals surface area (Å²) in [6.45, 7) is 3.34. The average Bonchev–Trinajstić information content (AvgIpc) is 2.64. The number of nitrogens with two attached hydrogens (primary N) is 1. The lowest BCUT2D eigenvalue weighted by atomic mass is 10.1. The highest BCUT2D eigenvalue weighted by atomic mass is 35.5. The standard InChI is InChI=1S/C16H17ClN2O/c17-14-6-5-12(9-15(14)18)10-19-7-8-20-16-4-2-1-3-13(16)11-19/h1-6,9H,7-8,10-11,18H2. The van der Waals surface area contributed by atoms with Crippen LogP contribution in [0.1, 0.15) is 11.1 Å². The number of nitrogens with zero attached hydrogens (tertiary/aromatic N) is 1. The van der Waals surface area contributed by atoms with Crippen LogP contribution in [0.15, 0.2) is 42.5 Å². The molecule has 0 radical (unpaired) electrons. The molecule has 2 N–H and O–H groups in total. The van der Waals surface area contributed by atoms with Crippen molar-refractivity contribution in [3.8, 4) is 5.75 Å². The first-order valence-electron chi connectivity index (χ1n) is 6.69. The van der Waals surface area contributed by atoms with Gasteiger partial charge in [0.15, 0.2) is 0 Å². The van der Waals surface area contributed by atoms with Crippen LogP contribution >= 0.6 is 11.6 Å².